The molecule has 0 atom stereocenters. The minimum atomic E-state index is 0.0817. The summed E-state index contributed by atoms with van der Waals surface area (Å²) in [5.41, 5.74) is 1.11. The predicted molar refractivity (Wildman–Crippen MR) is 77.1 cm³/mol. The zero-order valence-corrected chi connectivity index (χ0v) is 12.6. The molecule has 0 unspecified atom stereocenters. The van der Waals surface area contributed by atoms with Gasteiger partial charge in [0.1, 0.15) is 5.75 Å². The molecule has 0 N–H and O–H groups in total. The molecule has 0 spiro atoms. The van der Waals surface area contributed by atoms with Crippen molar-refractivity contribution in [3.8, 4) is 5.75 Å². The van der Waals surface area contributed by atoms with Gasteiger partial charge in [0.05, 0.1) is 11.9 Å². The van der Waals surface area contributed by atoms with Crippen LogP contribution in [0.2, 0.25) is 0 Å². The number of benzene rings is 1. The first-order valence-corrected chi connectivity index (χ1v) is 7.31. The van der Waals surface area contributed by atoms with Crippen molar-refractivity contribution >= 4 is 21.8 Å². The Balaban J connectivity index is 2.47. The van der Waals surface area contributed by atoms with Gasteiger partial charge in [-0.15, -0.1) is 0 Å². The van der Waals surface area contributed by atoms with Crippen LogP contribution in [0.5, 0.6) is 5.75 Å². The highest BCUT2D eigenvalue weighted by molar-refractivity contribution is 9.09. The standard InChI is InChI=1S/C14H20BrNO2/c1-3-4-9-18-13-7-5-12(6-8-13)11-16(2)14(17)10-15/h5-8H,3-4,9-11H2,1-2H3. The maximum atomic E-state index is 11.4. The minimum Gasteiger partial charge on any atom is -0.494 e. The average molecular weight is 314 g/mol. The highest BCUT2D eigenvalue weighted by Crippen LogP contribution is 2.14. The average Bonchev–Trinajstić information content (AvgIpc) is 2.40. The van der Waals surface area contributed by atoms with Gasteiger partial charge in [-0.25, -0.2) is 0 Å². The third kappa shape index (κ3) is 5.08. The van der Waals surface area contributed by atoms with E-state index in [0.717, 1.165) is 30.8 Å². The van der Waals surface area contributed by atoms with E-state index in [4.69, 9.17) is 4.74 Å². The van der Waals surface area contributed by atoms with Crippen LogP contribution in [0.4, 0.5) is 0 Å². The lowest BCUT2D eigenvalue weighted by atomic mass is 10.2. The van der Waals surface area contributed by atoms with Gasteiger partial charge in [-0.2, -0.15) is 0 Å². The molecule has 0 saturated heterocycles. The lowest BCUT2D eigenvalue weighted by Crippen LogP contribution is -2.26. The minimum absolute atomic E-state index is 0.0817. The first-order valence-electron chi connectivity index (χ1n) is 6.19. The van der Waals surface area contributed by atoms with Crippen molar-refractivity contribution in [3.63, 3.8) is 0 Å². The molecule has 0 aromatic heterocycles. The Morgan fingerprint density at radius 3 is 2.56 bits per heavy atom. The third-order valence-electron chi connectivity index (χ3n) is 2.65. The molecule has 1 aromatic rings. The summed E-state index contributed by atoms with van der Waals surface area (Å²) in [5, 5.41) is 0.363. The van der Waals surface area contributed by atoms with Crippen LogP contribution in [0.25, 0.3) is 0 Å². The van der Waals surface area contributed by atoms with E-state index in [2.05, 4.69) is 22.9 Å². The second-order valence-electron chi connectivity index (χ2n) is 4.23. The van der Waals surface area contributed by atoms with E-state index < -0.39 is 0 Å². The molecular formula is C14H20BrNO2. The predicted octanol–water partition coefficient (Wildman–Crippen LogP) is 3.22. The number of alkyl halides is 1. The van der Waals surface area contributed by atoms with Crippen LogP contribution >= 0.6 is 15.9 Å². The van der Waals surface area contributed by atoms with E-state index in [1.807, 2.05) is 24.3 Å². The molecule has 4 heteroatoms. The number of nitrogens with zero attached hydrogens (tertiary/aromatic N) is 1. The van der Waals surface area contributed by atoms with Crippen molar-refractivity contribution < 1.29 is 9.53 Å². The molecule has 0 heterocycles. The van der Waals surface area contributed by atoms with Gasteiger partial charge in [-0.1, -0.05) is 41.4 Å². The Morgan fingerprint density at radius 1 is 1.33 bits per heavy atom. The number of hydrogen-bond acceptors (Lipinski definition) is 2. The van der Waals surface area contributed by atoms with Crippen LogP contribution in [-0.2, 0) is 11.3 Å². The van der Waals surface area contributed by atoms with E-state index in [9.17, 15) is 4.79 Å². The number of ether oxygens (including phenoxy) is 1. The first kappa shape index (κ1) is 15.0. The topological polar surface area (TPSA) is 29.5 Å². The first-order chi connectivity index (χ1) is 8.67. The van der Waals surface area contributed by atoms with Gasteiger partial charge >= 0.3 is 0 Å². The summed E-state index contributed by atoms with van der Waals surface area (Å²) in [5.74, 6) is 0.972. The summed E-state index contributed by atoms with van der Waals surface area (Å²) in [6.07, 6.45) is 2.21. The molecule has 1 rings (SSSR count). The number of rotatable bonds is 7. The number of amides is 1. The number of carbonyl (C=O) groups is 1. The van der Waals surface area contributed by atoms with Crippen LogP contribution in [0.1, 0.15) is 25.3 Å². The van der Waals surface area contributed by atoms with Crippen LogP contribution in [-0.4, -0.2) is 29.8 Å². The summed E-state index contributed by atoms with van der Waals surface area (Å²) < 4.78 is 5.59. The van der Waals surface area contributed by atoms with Gasteiger partial charge in [-0.3, -0.25) is 4.79 Å². The molecule has 0 aliphatic rings. The van der Waals surface area contributed by atoms with Gasteiger partial charge in [0.2, 0.25) is 5.91 Å². The summed E-state index contributed by atoms with van der Waals surface area (Å²) in [4.78, 5) is 13.1. The molecule has 18 heavy (non-hydrogen) atoms. The van der Waals surface area contributed by atoms with E-state index in [1.165, 1.54) is 0 Å². The molecule has 1 aromatic carbocycles. The Kier molecular flexibility index (Phi) is 6.80. The molecule has 100 valence electrons. The monoisotopic (exact) mass is 313 g/mol. The van der Waals surface area contributed by atoms with E-state index in [0.29, 0.717) is 11.9 Å². The number of carbonyl (C=O) groups excluding carboxylic acids is 1. The largest absolute Gasteiger partial charge is 0.494 e. The maximum absolute atomic E-state index is 11.4. The molecule has 1 amide bonds. The summed E-state index contributed by atoms with van der Waals surface area (Å²) in [6, 6.07) is 7.91. The van der Waals surface area contributed by atoms with E-state index in [1.54, 1.807) is 11.9 Å². The highest BCUT2D eigenvalue weighted by Gasteiger charge is 2.07. The Morgan fingerprint density at radius 2 is 2.00 bits per heavy atom. The maximum Gasteiger partial charge on any atom is 0.233 e. The Labute approximate surface area is 117 Å². The second kappa shape index (κ2) is 8.14. The fourth-order valence-corrected chi connectivity index (χ4v) is 1.92. The molecule has 0 aliphatic heterocycles. The fraction of sp³-hybridized carbons (Fsp3) is 0.500. The lowest BCUT2D eigenvalue weighted by molar-refractivity contribution is -0.127. The van der Waals surface area contributed by atoms with Crippen molar-refractivity contribution in [2.75, 3.05) is 19.0 Å². The van der Waals surface area contributed by atoms with Gasteiger partial charge in [0.25, 0.3) is 0 Å². The van der Waals surface area contributed by atoms with Gasteiger partial charge in [0, 0.05) is 13.6 Å². The molecule has 0 saturated carbocycles. The van der Waals surface area contributed by atoms with Crippen LogP contribution in [0.15, 0.2) is 24.3 Å². The SMILES string of the molecule is CCCCOc1ccc(CN(C)C(=O)CBr)cc1. The normalized spacial score (nSPS) is 10.2. The molecular weight excluding hydrogens is 294 g/mol. The fourth-order valence-electron chi connectivity index (χ4n) is 1.49. The summed E-state index contributed by atoms with van der Waals surface area (Å²) in [6.45, 7) is 3.53. The number of hydrogen-bond donors (Lipinski definition) is 0. The quantitative estimate of drug-likeness (QED) is 0.571. The van der Waals surface area contributed by atoms with E-state index in [-0.39, 0.29) is 5.91 Å². The Bertz CT molecular complexity index is 365. The van der Waals surface area contributed by atoms with Crippen molar-refractivity contribution in [2.45, 2.75) is 26.3 Å². The van der Waals surface area contributed by atoms with Gasteiger partial charge < -0.3 is 9.64 Å². The molecule has 3 nitrogen and oxygen atoms in total. The zero-order chi connectivity index (χ0) is 13.4. The third-order valence-corrected chi connectivity index (χ3v) is 3.13. The molecule has 0 fully saturated rings. The number of halogens is 1. The Hall–Kier alpha value is -1.03. The van der Waals surface area contributed by atoms with Gasteiger partial charge in [-0.05, 0) is 24.1 Å². The lowest BCUT2D eigenvalue weighted by Gasteiger charge is -2.16. The van der Waals surface area contributed by atoms with Crippen molar-refractivity contribution in [3.05, 3.63) is 29.8 Å². The number of unbranched alkanes of at least 4 members (excludes halogenated alkanes) is 1. The van der Waals surface area contributed by atoms with Crippen LogP contribution < -0.4 is 4.74 Å². The highest BCUT2D eigenvalue weighted by atomic mass is 79.9. The van der Waals surface area contributed by atoms with Crippen molar-refractivity contribution in [1.29, 1.82) is 0 Å². The summed E-state index contributed by atoms with van der Waals surface area (Å²) >= 11 is 3.16. The van der Waals surface area contributed by atoms with Gasteiger partial charge in [0.15, 0.2) is 0 Å². The molecule has 0 bridgehead atoms. The van der Waals surface area contributed by atoms with Crippen molar-refractivity contribution in [2.24, 2.45) is 0 Å². The van der Waals surface area contributed by atoms with Crippen molar-refractivity contribution in [1.82, 2.24) is 4.90 Å². The van der Waals surface area contributed by atoms with Crippen LogP contribution in [0, 0.1) is 0 Å². The second-order valence-corrected chi connectivity index (χ2v) is 4.79. The van der Waals surface area contributed by atoms with Crippen LogP contribution in [0.3, 0.4) is 0 Å². The smallest absolute Gasteiger partial charge is 0.233 e. The van der Waals surface area contributed by atoms with E-state index >= 15 is 0 Å². The zero-order valence-electron chi connectivity index (χ0n) is 11.0. The summed E-state index contributed by atoms with van der Waals surface area (Å²) in [7, 11) is 1.80. The molecule has 0 radical (unpaired) electrons. The molecule has 0 aliphatic carbocycles.